The molecule has 1 atom stereocenters. The lowest BCUT2D eigenvalue weighted by molar-refractivity contribution is 0.556. The molecule has 142 valence electrons. The highest BCUT2D eigenvalue weighted by atomic mass is 79.9. The predicted molar refractivity (Wildman–Crippen MR) is 111 cm³/mol. The van der Waals surface area contributed by atoms with E-state index in [0.29, 0.717) is 0 Å². The van der Waals surface area contributed by atoms with Crippen molar-refractivity contribution < 1.29 is 0 Å². The Kier molecular flexibility index (Phi) is 4.35. The third-order valence-corrected chi connectivity index (χ3v) is 5.88. The summed E-state index contributed by atoms with van der Waals surface area (Å²) in [7, 11) is 1.89. The number of hydrogen-bond acceptors (Lipinski definition) is 5. The largest absolute Gasteiger partial charge is 0.362 e. The first-order valence-electron chi connectivity index (χ1n) is 9.39. The van der Waals surface area contributed by atoms with Crippen molar-refractivity contribution in [2.24, 2.45) is 7.05 Å². The summed E-state index contributed by atoms with van der Waals surface area (Å²) in [4.78, 5) is 8.84. The quantitative estimate of drug-likeness (QED) is 0.524. The highest BCUT2D eigenvalue weighted by molar-refractivity contribution is 9.10. The van der Waals surface area contributed by atoms with Gasteiger partial charge in [0.05, 0.1) is 24.2 Å². The van der Waals surface area contributed by atoms with Gasteiger partial charge in [0.15, 0.2) is 5.65 Å². The number of aromatic nitrogens is 6. The molecule has 0 saturated carbocycles. The molecule has 7 nitrogen and oxygen atoms in total. The zero-order valence-electron chi connectivity index (χ0n) is 15.5. The third-order valence-electron chi connectivity index (χ3n) is 5.33. The molecule has 5 rings (SSSR count). The Balaban J connectivity index is 1.47. The maximum atomic E-state index is 4.69. The molecule has 8 heteroatoms. The molecule has 0 saturated heterocycles. The van der Waals surface area contributed by atoms with Crippen molar-refractivity contribution >= 4 is 32.8 Å². The monoisotopic (exact) mass is 437 g/mol. The van der Waals surface area contributed by atoms with Crippen LogP contribution in [0.4, 0.5) is 5.82 Å². The Morgan fingerprint density at radius 2 is 2.07 bits per heavy atom. The van der Waals surface area contributed by atoms with Crippen LogP contribution >= 0.6 is 15.9 Å². The Morgan fingerprint density at radius 3 is 2.93 bits per heavy atom. The molecule has 4 aromatic rings. The van der Waals surface area contributed by atoms with Crippen molar-refractivity contribution in [1.29, 1.82) is 0 Å². The zero-order valence-corrected chi connectivity index (χ0v) is 17.1. The smallest absolute Gasteiger partial charge is 0.164 e. The zero-order chi connectivity index (χ0) is 19.1. The lowest BCUT2D eigenvalue weighted by Crippen LogP contribution is -2.19. The molecule has 0 aliphatic heterocycles. The van der Waals surface area contributed by atoms with Gasteiger partial charge in [-0.25, -0.2) is 14.6 Å². The number of nitrogens with one attached hydrogen (secondary N) is 1. The van der Waals surface area contributed by atoms with Crippen LogP contribution in [-0.2, 0) is 20.0 Å². The lowest BCUT2D eigenvalue weighted by atomic mass is 9.93. The second-order valence-electron chi connectivity index (χ2n) is 7.11. The van der Waals surface area contributed by atoms with Crippen LogP contribution in [0.2, 0.25) is 0 Å². The summed E-state index contributed by atoms with van der Waals surface area (Å²) in [5, 5.41) is 13.6. The molecular weight excluding hydrogens is 418 g/mol. The summed E-state index contributed by atoms with van der Waals surface area (Å²) in [6.45, 7) is 0.800. The first kappa shape index (κ1) is 17.4. The SMILES string of the molecule is Cn1nc(Br)c2c(NC3CCCc4c3cnn4Cc3ccccc3)ncnc21. The van der Waals surface area contributed by atoms with E-state index in [-0.39, 0.29) is 6.04 Å². The molecule has 1 aromatic carbocycles. The van der Waals surface area contributed by atoms with Crippen molar-refractivity contribution in [3.63, 3.8) is 0 Å². The van der Waals surface area contributed by atoms with Crippen molar-refractivity contribution in [1.82, 2.24) is 29.5 Å². The first-order chi connectivity index (χ1) is 13.7. The predicted octanol–water partition coefficient (Wildman–Crippen LogP) is 3.86. The van der Waals surface area contributed by atoms with Crippen LogP contribution in [0.15, 0.2) is 47.5 Å². The Hall–Kier alpha value is -2.74. The van der Waals surface area contributed by atoms with Crippen molar-refractivity contribution in [2.45, 2.75) is 31.8 Å². The van der Waals surface area contributed by atoms with E-state index in [1.165, 1.54) is 16.8 Å². The van der Waals surface area contributed by atoms with E-state index in [1.54, 1.807) is 11.0 Å². The van der Waals surface area contributed by atoms with Crippen molar-refractivity contribution in [2.75, 3.05) is 5.32 Å². The molecular formula is C20H20BrN7. The van der Waals surface area contributed by atoms with Crippen LogP contribution < -0.4 is 5.32 Å². The van der Waals surface area contributed by atoms with Gasteiger partial charge >= 0.3 is 0 Å². The number of nitrogens with zero attached hydrogens (tertiary/aromatic N) is 6. The molecule has 0 bridgehead atoms. The van der Waals surface area contributed by atoms with E-state index in [0.717, 1.165) is 47.3 Å². The van der Waals surface area contributed by atoms with E-state index in [9.17, 15) is 0 Å². The van der Waals surface area contributed by atoms with Crippen LogP contribution in [0.5, 0.6) is 0 Å². The minimum absolute atomic E-state index is 0.179. The van der Waals surface area contributed by atoms with Gasteiger partial charge in [0.1, 0.15) is 16.7 Å². The number of aryl methyl sites for hydroxylation is 1. The molecule has 0 amide bonds. The van der Waals surface area contributed by atoms with Crippen LogP contribution in [0.25, 0.3) is 11.0 Å². The Bertz CT molecular complexity index is 1130. The summed E-state index contributed by atoms with van der Waals surface area (Å²) < 4.78 is 4.65. The van der Waals surface area contributed by atoms with Gasteiger partial charge in [-0.1, -0.05) is 30.3 Å². The fraction of sp³-hybridized carbons (Fsp3) is 0.300. The van der Waals surface area contributed by atoms with Gasteiger partial charge < -0.3 is 5.32 Å². The molecule has 28 heavy (non-hydrogen) atoms. The topological polar surface area (TPSA) is 73.5 Å². The van der Waals surface area contributed by atoms with E-state index in [1.807, 2.05) is 19.3 Å². The Morgan fingerprint density at radius 1 is 1.21 bits per heavy atom. The van der Waals surface area contributed by atoms with Crippen LogP contribution in [0.3, 0.4) is 0 Å². The minimum Gasteiger partial charge on any atom is -0.362 e. The highest BCUT2D eigenvalue weighted by Crippen LogP contribution is 2.35. The number of fused-ring (bicyclic) bond motifs is 2. The summed E-state index contributed by atoms with van der Waals surface area (Å²) >= 11 is 3.54. The van der Waals surface area contributed by atoms with Gasteiger partial charge in [-0.2, -0.15) is 10.2 Å². The lowest BCUT2D eigenvalue weighted by Gasteiger charge is -2.25. The molecule has 1 aliphatic rings. The van der Waals surface area contributed by atoms with Crippen LogP contribution in [0.1, 0.15) is 35.7 Å². The fourth-order valence-electron chi connectivity index (χ4n) is 3.98. The van der Waals surface area contributed by atoms with E-state index >= 15 is 0 Å². The number of benzene rings is 1. The van der Waals surface area contributed by atoms with Crippen LogP contribution in [-0.4, -0.2) is 29.5 Å². The second-order valence-corrected chi connectivity index (χ2v) is 7.87. The molecule has 1 unspecified atom stereocenters. The molecule has 0 spiro atoms. The van der Waals surface area contributed by atoms with Crippen molar-refractivity contribution in [3.8, 4) is 0 Å². The standard InChI is InChI=1S/C20H20BrN7/c1-27-20-17(18(21)26-27)19(22-12-23-20)25-15-8-5-9-16-14(15)10-24-28(16)11-13-6-3-2-4-7-13/h2-4,6-7,10,12,15H,5,8-9,11H2,1H3,(H,22,23,25). The normalized spacial score (nSPS) is 16.3. The molecule has 0 fully saturated rings. The minimum atomic E-state index is 0.179. The van der Waals surface area contributed by atoms with E-state index in [4.69, 9.17) is 0 Å². The van der Waals surface area contributed by atoms with Gasteiger partial charge in [0.2, 0.25) is 0 Å². The third kappa shape index (κ3) is 2.97. The van der Waals surface area contributed by atoms with Gasteiger partial charge in [-0.05, 0) is 40.8 Å². The maximum absolute atomic E-state index is 4.69. The summed E-state index contributed by atoms with van der Waals surface area (Å²) in [6, 6.07) is 10.7. The van der Waals surface area contributed by atoms with E-state index < -0.39 is 0 Å². The van der Waals surface area contributed by atoms with Gasteiger partial charge in [-0.3, -0.25) is 4.68 Å². The Labute approximate surface area is 170 Å². The fourth-order valence-corrected chi connectivity index (χ4v) is 4.58. The molecule has 1 aliphatic carbocycles. The molecule has 1 N–H and O–H groups in total. The first-order valence-corrected chi connectivity index (χ1v) is 10.2. The second kappa shape index (κ2) is 7.01. The number of halogens is 1. The number of rotatable bonds is 4. The maximum Gasteiger partial charge on any atom is 0.164 e. The van der Waals surface area contributed by atoms with Gasteiger partial charge in [0, 0.05) is 18.3 Å². The molecule has 3 heterocycles. The molecule has 0 radical (unpaired) electrons. The van der Waals surface area contributed by atoms with Crippen LogP contribution in [0, 0.1) is 0 Å². The summed E-state index contributed by atoms with van der Waals surface area (Å²) in [6.07, 6.45) is 6.81. The summed E-state index contributed by atoms with van der Waals surface area (Å²) in [5.41, 5.74) is 4.64. The average molecular weight is 438 g/mol. The number of hydrogen-bond donors (Lipinski definition) is 1. The number of anilines is 1. The van der Waals surface area contributed by atoms with Crippen molar-refractivity contribution in [3.05, 3.63) is 64.3 Å². The van der Waals surface area contributed by atoms with Gasteiger partial charge in [0.25, 0.3) is 0 Å². The summed E-state index contributed by atoms with van der Waals surface area (Å²) in [5.74, 6) is 0.804. The average Bonchev–Trinajstić information content (AvgIpc) is 3.25. The van der Waals surface area contributed by atoms with E-state index in [2.05, 4.69) is 70.4 Å². The highest BCUT2D eigenvalue weighted by Gasteiger charge is 2.26. The molecule has 3 aromatic heterocycles. The van der Waals surface area contributed by atoms with Gasteiger partial charge in [-0.15, -0.1) is 0 Å².